The van der Waals surface area contributed by atoms with Crippen molar-refractivity contribution >= 4 is 78.8 Å². The Balaban J connectivity index is 1.15. The van der Waals surface area contributed by atoms with Gasteiger partial charge in [-0.05, 0) is 171 Å². The smallest absolute Gasteiger partial charge is 0.252 e. The van der Waals surface area contributed by atoms with Gasteiger partial charge in [0.05, 0.1) is 11.4 Å². The number of aryl methyl sites for hydroxylation is 4. The Hall–Kier alpha value is -6.84. The minimum atomic E-state index is 0.0357. The van der Waals surface area contributed by atoms with Crippen LogP contribution in [0.1, 0.15) is 47.9 Å². The average Bonchev–Trinajstić information content (AvgIpc) is 3.32. The molecule has 0 N–H and O–H groups in total. The Labute approximate surface area is 358 Å². The Morgan fingerprint density at radius 2 is 0.689 bits per heavy atom. The van der Waals surface area contributed by atoms with E-state index in [1.165, 1.54) is 142 Å². The Morgan fingerprint density at radius 1 is 0.311 bits per heavy atom. The molecule has 9 aromatic rings. The Morgan fingerprint density at radius 3 is 1.11 bits per heavy atom. The van der Waals surface area contributed by atoms with Crippen molar-refractivity contribution in [2.45, 2.75) is 51.4 Å². The van der Waals surface area contributed by atoms with Crippen molar-refractivity contribution in [3.63, 3.8) is 0 Å². The highest BCUT2D eigenvalue weighted by Gasteiger charge is 2.44. The molecule has 0 saturated carbocycles. The zero-order valence-electron chi connectivity index (χ0n) is 34.4. The number of anilines is 6. The van der Waals surface area contributed by atoms with Gasteiger partial charge in [0.1, 0.15) is 0 Å². The number of nitrogens with zero attached hydrogens (tertiary/aromatic N) is 2. The Bertz CT molecular complexity index is 3010. The Kier molecular flexibility index (Phi) is 7.95. The van der Waals surface area contributed by atoms with E-state index < -0.39 is 0 Å². The largest absolute Gasteiger partial charge is 0.311 e. The minimum Gasteiger partial charge on any atom is -0.311 e. The lowest BCUT2D eigenvalue weighted by Crippen LogP contribution is -2.61. The van der Waals surface area contributed by atoms with Crippen LogP contribution in [-0.2, 0) is 25.7 Å². The summed E-state index contributed by atoms with van der Waals surface area (Å²) in [5.41, 5.74) is 22.8. The average molecular weight is 781 g/mol. The molecule has 0 amide bonds. The number of hydrogen-bond acceptors (Lipinski definition) is 2. The van der Waals surface area contributed by atoms with E-state index in [0.29, 0.717) is 0 Å². The first kappa shape index (κ1) is 35.0. The molecule has 0 aromatic heterocycles. The lowest BCUT2D eigenvalue weighted by Gasteiger charge is -2.45. The molecule has 4 aliphatic rings. The zero-order valence-corrected chi connectivity index (χ0v) is 34.4. The molecule has 290 valence electrons. The third-order valence-electron chi connectivity index (χ3n) is 14.3. The fourth-order valence-corrected chi connectivity index (χ4v) is 11.4. The quantitative estimate of drug-likeness (QED) is 0.164. The second-order valence-electron chi connectivity index (χ2n) is 17.8. The van der Waals surface area contributed by atoms with E-state index in [4.69, 9.17) is 0 Å². The maximum absolute atomic E-state index is 2.66. The van der Waals surface area contributed by atoms with Gasteiger partial charge in [0.15, 0.2) is 0 Å². The summed E-state index contributed by atoms with van der Waals surface area (Å²) in [6, 6.07) is 67.5. The van der Waals surface area contributed by atoms with Gasteiger partial charge >= 0.3 is 0 Å². The summed E-state index contributed by atoms with van der Waals surface area (Å²) in [5, 5.41) is 5.09. The van der Waals surface area contributed by atoms with Crippen molar-refractivity contribution in [2.24, 2.45) is 0 Å². The molecular formula is C58H45BN2. The molecule has 13 rings (SSSR count). The number of hydrogen-bond donors (Lipinski definition) is 0. The van der Waals surface area contributed by atoms with Crippen molar-refractivity contribution in [3.05, 3.63) is 198 Å². The number of benzene rings is 9. The van der Waals surface area contributed by atoms with Gasteiger partial charge in [-0.2, -0.15) is 0 Å². The lowest BCUT2D eigenvalue weighted by atomic mass is 9.33. The number of fused-ring (bicyclic) bond motifs is 8. The van der Waals surface area contributed by atoms with Crippen molar-refractivity contribution in [3.8, 4) is 22.3 Å². The van der Waals surface area contributed by atoms with Gasteiger partial charge in [-0.1, -0.05) is 127 Å². The number of rotatable bonds is 4. The van der Waals surface area contributed by atoms with Gasteiger partial charge in [0.2, 0.25) is 0 Å². The standard InChI is InChI=1S/C58H45BN2/c1-3-16-38(17-4-1)48-30-40-20-7-11-24-44(40)34-54(48)60-52-28-15-29-53-58(52)59(50-32-42-22-9-13-26-46(42)36-56(50)60)51-33-43-23-10-14-27-47(43)37-57(51)61(53)55-35-45-25-12-8-21-41(45)31-49(55)39-18-5-2-6-19-39/h1-6,9-10,13-19,22-23,26-37H,7-8,11-12,20-21,24-25H2. The predicted molar refractivity (Wildman–Crippen MR) is 260 cm³/mol. The van der Waals surface area contributed by atoms with Crippen LogP contribution in [-0.4, -0.2) is 6.71 Å². The van der Waals surface area contributed by atoms with E-state index in [-0.39, 0.29) is 6.71 Å². The molecular weight excluding hydrogens is 735 g/mol. The van der Waals surface area contributed by atoms with Gasteiger partial charge in [-0.25, -0.2) is 0 Å². The molecule has 2 aliphatic heterocycles. The van der Waals surface area contributed by atoms with Crippen LogP contribution in [0.15, 0.2) is 176 Å². The van der Waals surface area contributed by atoms with Crippen LogP contribution < -0.4 is 26.2 Å². The predicted octanol–water partition coefficient (Wildman–Crippen LogP) is 13.2. The van der Waals surface area contributed by atoms with E-state index in [1.54, 1.807) is 0 Å². The summed E-state index contributed by atoms with van der Waals surface area (Å²) in [6.45, 7) is 0.0357. The first-order chi connectivity index (χ1) is 30.2. The minimum absolute atomic E-state index is 0.0357. The molecule has 61 heavy (non-hydrogen) atoms. The summed E-state index contributed by atoms with van der Waals surface area (Å²) >= 11 is 0. The SMILES string of the molecule is c1ccc(-c2cc3c(cc2N2c4cc5ccccc5cc4B4c5cc6ccccc6cc5N(c5cc6c(cc5-c5ccccc5)CCCC6)c5cccc2c54)CCCC3)cc1. The summed E-state index contributed by atoms with van der Waals surface area (Å²) in [6.07, 6.45) is 9.53. The lowest BCUT2D eigenvalue weighted by molar-refractivity contribution is 0.686. The van der Waals surface area contributed by atoms with Gasteiger partial charge < -0.3 is 9.80 Å². The molecule has 2 aliphatic carbocycles. The fourth-order valence-electron chi connectivity index (χ4n) is 11.4. The van der Waals surface area contributed by atoms with Crippen LogP contribution in [0.2, 0.25) is 0 Å². The van der Waals surface area contributed by atoms with E-state index in [2.05, 4.69) is 186 Å². The molecule has 0 unspecified atom stereocenters. The maximum atomic E-state index is 2.66. The topological polar surface area (TPSA) is 6.48 Å². The second-order valence-corrected chi connectivity index (χ2v) is 17.8. The van der Waals surface area contributed by atoms with Crippen LogP contribution in [0.4, 0.5) is 34.1 Å². The molecule has 9 aromatic carbocycles. The van der Waals surface area contributed by atoms with Gasteiger partial charge in [0, 0.05) is 33.9 Å². The van der Waals surface area contributed by atoms with E-state index in [1.807, 2.05) is 0 Å². The van der Waals surface area contributed by atoms with Crippen LogP contribution >= 0.6 is 0 Å². The normalized spacial score (nSPS) is 14.9. The van der Waals surface area contributed by atoms with E-state index >= 15 is 0 Å². The first-order valence-electron chi connectivity index (χ1n) is 22.5. The van der Waals surface area contributed by atoms with E-state index in [9.17, 15) is 0 Å². The molecule has 0 spiro atoms. The van der Waals surface area contributed by atoms with Crippen LogP contribution in [0, 0.1) is 0 Å². The first-order valence-corrected chi connectivity index (χ1v) is 22.5. The fraction of sp³-hybridized carbons (Fsp3) is 0.138. The molecule has 0 bridgehead atoms. The molecule has 0 fully saturated rings. The molecule has 2 heterocycles. The second kappa shape index (κ2) is 13.9. The van der Waals surface area contributed by atoms with Gasteiger partial charge in [-0.3, -0.25) is 0 Å². The van der Waals surface area contributed by atoms with Gasteiger partial charge in [-0.15, -0.1) is 0 Å². The molecule has 2 nitrogen and oxygen atoms in total. The summed E-state index contributed by atoms with van der Waals surface area (Å²) in [7, 11) is 0. The molecule has 3 heteroatoms. The van der Waals surface area contributed by atoms with Gasteiger partial charge in [0.25, 0.3) is 6.71 Å². The van der Waals surface area contributed by atoms with Crippen LogP contribution in [0.25, 0.3) is 43.8 Å². The maximum Gasteiger partial charge on any atom is 0.252 e. The summed E-state index contributed by atoms with van der Waals surface area (Å²) < 4.78 is 0. The third-order valence-corrected chi connectivity index (χ3v) is 14.3. The third kappa shape index (κ3) is 5.49. The molecule has 0 radical (unpaired) electrons. The van der Waals surface area contributed by atoms with Crippen LogP contribution in [0.5, 0.6) is 0 Å². The van der Waals surface area contributed by atoms with Crippen LogP contribution in [0.3, 0.4) is 0 Å². The molecule has 0 atom stereocenters. The summed E-state index contributed by atoms with van der Waals surface area (Å²) in [4.78, 5) is 5.31. The highest BCUT2D eigenvalue weighted by atomic mass is 15.2. The van der Waals surface area contributed by atoms with Crippen molar-refractivity contribution in [2.75, 3.05) is 9.80 Å². The van der Waals surface area contributed by atoms with E-state index in [0.717, 1.165) is 25.7 Å². The molecule has 0 saturated heterocycles. The zero-order chi connectivity index (χ0) is 40.0. The summed E-state index contributed by atoms with van der Waals surface area (Å²) in [5.74, 6) is 0. The highest BCUT2D eigenvalue weighted by molar-refractivity contribution is 7.00. The van der Waals surface area contributed by atoms with Crippen molar-refractivity contribution in [1.82, 2.24) is 0 Å². The van der Waals surface area contributed by atoms with Crippen molar-refractivity contribution < 1.29 is 0 Å². The monoisotopic (exact) mass is 780 g/mol. The highest BCUT2D eigenvalue weighted by Crippen LogP contribution is 2.50. The van der Waals surface area contributed by atoms with Crippen molar-refractivity contribution in [1.29, 1.82) is 0 Å².